The Morgan fingerprint density at radius 3 is 3.09 bits per heavy atom. The summed E-state index contributed by atoms with van der Waals surface area (Å²) in [6.07, 6.45) is 7.96. The van der Waals surface area contributed by atoms with Crippen molar-refractivity contribution in [3.05, 3.63) is 30.5 Å². The molecule has 0 bridgehead atoms. The summed E-state index contributed by atoms with van der Waals surface area (Å²) in [6, 6.07) is 3.55. The molecule has 0 spiro atoms. The lowest BCUT2D eigenvalue weighted by Crippen LogP contribution is -2.42. The Labute approximate surface area is 129 Å². The maximum absolute atomic E-state index is 13.8. The smallest absolute Gasteiger partial charge is 0.223 e. The lowest BCUT2D eigenvalue weighted by Gasteiger charge is -2.26. The molecule has 0 aromatic carbocycles. The van der Waals surface area contributed by atoms with Gasteiger partial charge in [0.25, 0.3) is 0 Å². The van der Waals surface area contributed by atoms with E-state index >= 15 is 0 Å². The third-order valence-electron chi connectivity index (χ3n) is 4.37. The van der Waals surface area contributed by atoms with Crippen LogP contribution >= 0.6 is 0 Å². The molecule has 1 aliphatic heterocycles. The zero-order valence-corrected chi connectivity index (χ0v) is 12.5. The fraction of sp³-hybridized carbons (Fsp3) is 0.562. The van der Waals surface area contributed by atoms with E-state index in [4.69, 9.17) is 0 Å². The molecule has 2 aliphatic rings. The zero-order valence-electron chi connectivity index (χ0n) is 12.5. The number of carbonyl (C=O) groups is 1. The van der Waals surface area contributed by atoms with Gasteiger partial charge in [-0.15, -0.1) is 5.10 Å². The molecule has 6 heteroatoms. The first-order valence-electron chi connectivity index (χ1n) is 7.85. The van der Waals surface area contributed by atoms with Gasteiger partial charge in [-0.25, -0.2) is 4.39 Å². The fourth-order valence-electron chi connectivity index (χ4n) is 3.17. The van der Waals surface area contributed by atoms with Crippen LogP contribution < -0.4 is 10.2 Å². The Bertz CT molecular complexity index is 536. The Morgan fingerprint density at radius 1 is 1.45 bits per heavy atom. The first-order chi connectivity index (χ1) is 10.7. The van der Waals surface area contributed by atoms with Gasteiger partial charge in [-0.1, -0.05) is 12.2 Å². The van der Waals surface area contributed by atoms with Gasteiger partial charge in [-0.2, -0.15) is 5.10 Å². The number of allylic oxidation sites excluding steroid dienone is 2. The molecule has 1 aliphatic carbocycles. The molecule has 1 aromatic heterocycles. The molecule has 0 saturated carbocycles. The maximum atomic E-state index is 13.8. The minimum atomic E-state index is -0.887. The summed E-state index contributed by atoms with van der Waals surface area (Å²) in [6.45, 7) is 0.765. The van der Waals surface area contributed by atoms with Gasteiger partial charge in [-0.05, 0) is 31.4 Å². The Hall–Kier alpha value is -1.98. The highest BCUT2D eigenvalue weighted by Gasteiger charge is 2.33. The molecule has 118 valence electrons. The van der Waals surface area contributed by atoms with E-state index in [1.165, 1.54) is 0 Å². The zero-order chi connectivity index (χ0) is 15.4. The van der Waals surface area contributed by atoms with Gasteiger partial charge in [0.1, 0.15) is 6.17 Å². The fourth-order valence-corrected chi connectivity index (χ4v) is 3.17. The number of alkyl halides is 1. The number of aromatic nitrogens is 2. The monoisotopic (exact) mass is 304 g/mol. The first kappa shape index (κ1) is 14.9. The van der Waals surface area contributed by atoms with Crippen LogP contribution in [0.1, 0.15) is 25.7 Å². The van der Waals surface area contributed by atoms with Gasteiger partial charge >= 0.3 is 0 Å². The number of nitrogens with zero attached hydrogens (tertiary/aromatic N) is 3. The van der Waals surface area contributed by atoms with Crippen LogP contribution in [0, 0.1) is 5.92 Å². The minimum Gasteiger partial charge on any atom is -0.354 e. The SMILES string of the molecule is O=C(NC[C@@H]1C[C@H](F)CN1c1cccnn1)[C@@H]1CC=CCC1. The Kier molecular flexibility index (Phi) is 4.65. The number of hydrogen-bond acceptors (Lipinski definition) is 4. The molecular weight excluding hydrogens is 283 g/mol. The molecule has 1 fully saturated rings. The lowest BCUT2D eigenvalue weighted by molar-refractivity contribution is -0.125. The summed E-state index contributed by atoms with van der Waals surface area (Å²) in [7, 11) is 0. The van der Waals surface area contributed by atoms with Crippen LogP contribution in [0.4, 0.5) is 10.2 Å². The van der Waals surface area contributed by atoms with Gasteiger partial charge in [0, 0.05) is 25.1 Å². The second-order valence-electron chi connectivity index (χ2n) is 5.95. The number of halogens is 1. The van der Waals surface area contributed by atoms with Gasteiger partial charge < -0.3 is 10.2 Å². The van der Waals surface area contributed by atoms with Crippen molar-refractivity contribution < 1.29 is 9.18 Å². The van der Waals surface area contributed by atoms with Crippen molar-refractivity contribution in [1.29, 1.82) is 0 Å². The highest BCUT2D eigenvalue weighted by atomic mass is 19.1. The van der Waals surface area contributed by atoms with Crippen LogP contribution in [0.3, 0.4) is 0 Å². The Balaban J connectivity index is 1.58. The number of carbonyl (C=O) groups excluding carboxylic acids is 1. The average Bonchev–Trinajstić information content (AvgIpc) is 2.95. The molecule has 0 radical (unpaired) electrons. The number of nitrogens with one attached hydrogen (secondary N) is 1. The van der Waals surface area contributed by atoms with Gasteiger partial charge in [-0.3, -0.25) is 4.79 Å². The third kappa shape index (κ3) is 3.43. The second-order valence-corrected chi connectivity index (χ2v) is 5.95. The number of amides is 1. The van der Waals surface area contributed by atoms with E-state index in [0.717, 1.165) is 19.3 Å². The molecule has 22 heavy (non-hydrogen) atoms. The van der Waals surface area contributed by atoms with Crippen LogP contribution in [0.15, 0.2) is 30.5 Å². The first-order valence-corrected chi connectivity index (χ1v) is 7.85. The molecule has 0 unspecified atom stereocenters. The van der Waals surface area contributed by atoms with Crippen LogP contribution in [-0.4, -0.2) is 41.4 Å². The molecule has 1 aromatic rings. The van der Waals surface area contributed by atoms with E-state index in [0.29, 0.717) is 25.3 Å². The van der Waals surface area contributed by atoms with Crippen molar-refractivity contribution in [2.75, 3.05) is 18.0 Å². The average molecular weight is 304 g/mol. The van der Waals surface area contributed by atoms with E-state index in [1.54, 1.807) is 12.3 Å². The second kappa shape index (κ2) is 6.85. The molecule has 1 N–H and O–H groups in total. The van der Waals surface area contributed by atoms with Crippen molar-refractivity contribution >= 4 is 11.7 Å². The van der Waals surface area contributed by atoms with Gasteiger partial charge in [0.05, 0.1) is 12.6 Å². The maximum Gasteiger partial charge on any atom is 0.223 e. The van der Waals surface area contributed by atoms with E-state index < -0.39 is 6.17 Å². The number of rotatable bonds is 4. The highest BCUT2D eigenvalue weighted by molar-refractivity contribution is 5.79. The largest absolute Gasteiger partial charge is 0.354 e. The number of hydrogen-bond donors (Lipinski definition) is 1. The van der Waals surface area contributed by atoms with Crippen LogP contribution in [0.5, 0.6) is 0 Å². The van der Waals surface area contributed by atoms with Crippen LogP contribution in [0.2, 0.25) is 0 Å². The molecule has 2 heterocycles. The summed E-state index contributed by atoms with van der Waals surface area (Å²) in [5, 5.41) is 10.9. The van der Waals surface area contributed by atoms with E-state index in [-0.39, 0.29) is 17.9 Å². The molecule has 1 amide bonds. The van der Waals surface area contributed by atoms with Crippen LogP contribution in [-0.2, 0) is 4.79 Å². The summed E-state index contributed by atoms with van der Waals surface area (Å²) in [4.78, 5) is 14.1. The highest BCUT2D eigenvalue weighted by Crippen LogP contribution is 2.25. The molecule has 3 atom stereocenters. The van der Waals surface area contributed by atoms with Crippen molar-refractivity contribution in [1.82, 2.24) is 15.5 Å². The van der Waals surface area contributed by atoms with Crippen LogP contribution in [0.25, 0.3) is 0 Å². The van der Waals surface area contributed by atoms with Crippen molar-refractivity contribution in [3.63, 3.8) is 0 Å². The van der Waals surface area contributed by atoms with Crippen molar-refractivity contribution in [2.45, 2.75) is 37.9 Å². The van der Waals surface area contributed by atoms with Gasteiger partial charge in [0.2, 0.25) is 5.91 Å². The molecule has 1 saturated heterocycles. The van der Waals surface area contributed by atoms with Gasteiger partial charge in [0.15, 0.2) is 5.82 Å². The predicted molar refractivity (Wildman–Crippen MR) is 82.2 cm³/mol. The van der Waals surface area contributed by atoms with Crippen molar-refractivity contribution in [3.8, 4) is 0 Å². The minimum absolute atomic E-state index is 0.0533. The quantitative estimate of drug-likeness (QED) is 0.863. The molecule has 3 rings (SSSR count). The summed E-state index contributed by atoms with van der Waals surface area (Å²) < 4.78 is 13.8. The third-order valence-corrected chi connectivity index (χ3v) is 4.37. The molecule has 5 nitrogen and oxygen atoms in total. The van der Waals surface area contributed by atoms with E-state index in [1.807, 2.05) is 11.0 Å². The predicted octanol–water partition coefficient (Wildman–Crippen LogP) is 1.87. The normalized spacial score (nSPS) is 27.9. The number of anilines is 1. The molecular formula is C16H21FN4O. The van der Waals surface area contributed by atoms with Crippen molar-refractivity contribution in [2.24, 2.45) is 5.92 Å². The van der Waals surface area contributed by atoms with E-state index in [9.17, 15) is 9.18 Å². The van der Waals surface area contributed by atoms with E-state index in [2.05, 4.69) is 27.7 Å². The summed E-state index contributed by atoms with van der Waals surface area (Å²) in [5.74, 6) is 0.797. The summed E-state index contributed by atoms with van der Waals surface area (Å²) in [5.41, 5.74) is 0. The summed E-state index contributed by atoms with van der Waals surface area (Å²) >= 11 is 0. The lowest BCUT2D eigenvalue weighted by atomic mass is 9.93. The topological polar surface area (TPSA) is 58.1 Å². The Morgan fingerprint density at radius 2 is 2.36 bits per heavy atom. The standard InChI is InChI=1S/C16H21FN4O/c17-13-9-14(21(11-13)15-7-4-8-19-20-15)10-18-16(22)12-5-2-1-3-6-12/h1-2,4,7-8,12-14H,3,5-6,9-11H2,(H,18,22)/t12-,13+,14+/m1/s1.